The fourth-order valence-corrected chi connectivity index (χ4v) is 1.89. The molecule has 0 saturated carbocycles. The quantitative estimate of drug-likeness (QED) is 0.649. The Bertz CT molecular complexity index is 671. The number of halogens is 1. The third kappa shape index (κ3) is 5.65. The lowest BCUT2D eigenvalue weighted by molar-refractivity contribution is 0.388. The van der Waals surface area contributed by atoms with E-state index in [1.54, 1.807) is 6.07 Å². The molecule has 3 rings (SSSR count). The molecule has 124 valence electrons. The number of benzene rings is 3. The van der Waals surface area contributed by atoms with Gasteiger partial charge in [-0.2, -0.15) is 0 Å². The van der Waals surface area contributed by atoms with Crippen molar-refractivity contribution in [2.24, 2.45) is 0 Å². The first-order valence-corrected chi connectivity index (χ1v) is 7.38. The Hall–Kier alpha value is -3.01. The van der Waals surface area contributed by atoms with Crippen molar-refractivity contribution in [2.75, 3.05) is 14.2 Å². The van der Waals surface area contributed by atoms with Crippen LogP contribution in [-0.4, -0.2) is 14.2 Å². The Morgan fingerprint density at radius 2 is 1.00 bits per heavy atom. The van der Waals surface area contributed by atoms with Gasteiger partial charge in [0.2, 0.25) is 0 Å². The molecule has 0 radical (unpaired) electrons. The van der Waals surface area contributed by atoms with Crippen LogP contribution in [-0.2, 0) is 0 Å². The summed E-state index contributed by atoms with van der Waals surface area (Å²) in [7, 11) is 2.96. The van der Waals surface area contributed by atoms with Gasteiger partial charge < -0.3 is 14.2 Å². The lowest BCUT2D eigenvalue weighted by Gasteiger charge is -2.03. The molecule has 0 amide bonds. The molecule has 0 aliphatic rings. The van der Waals surface area contributed by atoms with Gasteiger partial charge in [0, 0.05) is 18.2 Å². The second-order valence-corrected chi connectivity index (χ2v) is 4.76. The monoisotopic (exact) mass is 326 g/mol. The van der Waals surface area contributed by atoms with Crippen LogP contribution < -0.4 is 14.2 Å². The molecule has 3 aromatic rings. The molecule has 24 heavy (non-hydrogen) atoms. The van der Waals surface area contributed by atoms with Crippen molar-refractivity contribution >= 4 is 0 Å². The maximum atomic E-state index is 12.6. The fraction of sp³-hybridized carbons (Fsp3) is 0.100. The van der Waals surface area contributed by atoms with Crippen molar-refractivity contribution in [3.05, 3.63) is 84.7 Å². The van der Waals surface area contributed by atoms with Gasteiger partial charge in [0.15, 0.2) is 0 Å². The van der Waals surface area contributed by atoms with E-state index in [1.165, 1.54) is 26.4 Å². The smallest absolute Gasteiger partial charge is 0.130 e. The lowest BCUT2D eigenvalue weighted by atomic mass is 10.3. The van der Waals surface area contributed by atoms with Gasteiger partial charge in [-0.05, 0) is 24.3 Å². The third-order valence-electron chi connectivity index (χ3n) is 3.04. The topological polar surface area (TPSA) is 27.7 Å². The Labute approximate surface area is 141 Å². The average Bonchev–Trinajstić information content (AvgIpc) is 2.63. The van der Waals surface area contributed by atoms with Crippen LogP contribution in [0.15, 0.2) is 78.9 Å². The minimum Gasteiger partial charge on any atom is -0.497 e. The number of hydrogen-bond acceptors (Lipinski definition) is 3. The Morgan fingerprint density at radius 3 is 1.38 bits per heavy atom. The number of rotatable bonds is 4. The molecule has 4 heteroatoms. The van der Waals surface area contributed by atoms with Crippen molar-refractivity contribution in [3.8, 4) is 23.0 Å². The highest BCUT2D eigenvalue weighted by molar-refractivity contribution is 5.33. The fourth-order valence-electron chi connectivity index (χ4n) is 1.89. The van der Waals surface area contributed by atoms with Crippen molar-refractivity contribution in [3.63, 3.8) is 0 Å². The summed E-state index contributed by atoms with van der Waals surface area (Å²) in [5.41, 5.74) is 0. The summed E-state index contributed by atoms with van der Waals surface area (Å²) in [5.74, 6) is 2.30. The molecule has 3 aromatic carbocycles. The standard InChI is InChI=1S/C12H10O.C8H9FO2/c1-3-7-11(8-4-1)13-12-9-5-2-6-10-12;1-10-7-3-6(9)4-8(5-7)11-2/h1-10H;3-5H,1-2H3. The number of ether oxygens (including phenoxy) is 3. The SMILES string of the molecule is COc1cc(F)cc(OC)c1.c1ccc(Oc2ccccc2)cc1. The van der Waals surface area contributed by atoms with Gasteiger partial charge in [-0.25, -0.2) is 4.39 Å². The summed E-state index contributed by atoms with van der Waals surface area (Å²) >= 11 is 0. The molecular weight excluding hydrogens is 307 g/mol. The molecule has 3 nitrogen and oxygen atoms in total. The molecule has 0 N–H and O–H groups in total. The summed E-state index contributed by atoms with van der Waals surface area (Å²) in [4.78, 5) is 0. The van der Waals surface area contributed by atoms with Crippen molar-refractivity contribution in [1.29, 1.82) is 0 Å². The molecule has 0 bridgehead atoms. The predicted octanol–water partition coefficient (Wildman–Crippen LogP) is 5.32. The van der Waals surface area contributed by atoms with Crippen LogP contribution in [0, 0.1) is 5.82 Å². The van der Waals surface area contributed by atoms with Gasteiger partial charge in [-0.1, -0.05) is 36.4 Å². The summed E-state index contributed by atoms with van der Waals surface area (Å²) < 4.78 is 27.9. The number of methoxy groups -OCH3 is 2. The molecule has 0 atom stereocenters. The maximum Gasteiger partial charge on any atom is 0.130 e. The molecule has 0 heterocycles. The molecular formula is C20H19FO3. The second kappa shape index (κ2) is 9.20. The normalized spacial score (nSPS) is 9.46. The molecule has 0 aliphatic carbocycles. The summed E-state index contributed by atoms with van der Waals surface area (Å²) in [6, 6.07) is 23.7. The van der Waals surface area contributed by atoms with E-state index in [0.29, 0.717) is 11.5 Å². The van der Waals surface area contributed by atoms with Crippen LogP contribution in [0.5, 0.6) is 23.0 Å². The van der Waals surface area contributed by atoms with Gasteiger partial charge in [0.1, 0.15) is 28.8 Å². The predicted molar refractivity (Wildman–Crippen MR) is 92.5 cm³/mol. The van der Waals surface area contributed by atoms with Crippen molar-refractivity contribution in [1.82, 2.24) is 0 Å². The Balaban J connectivity index is 0.000000177. The highest BCUT2D eigenvalue weighted by Crippen LogP contribution is 2.21. The zero-order valence-electron chi connectivity index (χ0n) is 13.6. The van der Waals surface area contributed by atoms with Crippen LogP contribution >= 0.6 is 0 Å². The summed E-state index contributed by atoms with van der Waals surface area (Å²) in [5, 5.41) is 0. The zero-order chi connectivity index (χ0) is 17.2. The molecule has 0 aliphatic heterocycles. The van der Waals surface area contributed by atoms with Crippen LogP contribution in [0.2, 0.25) is 0 Å². The minimum absolute atomic E-state index is 0.360. The largest absolute Gasteiger partial charge is 0.497 e. The maximum absolute atomic E-state index is 12.6. The lowest BCUT2D eigenvalue weighted by Crippen LogP contribution is -1.88. The highest BCUT2D eigenvalue weighted by Gasteiger charge is 1.99. The third-order valence-corrected chi connectivity index (χ3v) is 3.04. The van der Waals surface area contributed by atoms with E-state index in [9.17, 15) is 4.39 Å². The van der Waals surface area contributed by atoms with E-state index in [0.717, 1.165) is 11.5 Å². The molecule has 0 unspecified atom stereocenters. The van der Waals surface area contributed by atoms with Crippen molar-refractivity contribution < 1.29 is 18.6 Å². The van der Waals surface area contributed by atoms with Gasteiger partial charge in [-0.3, -0.25) is 0 Å². The first kappa shape index (κ1) is 17.3. The Kier molecular flexibility index (Phi) is 6.65. The van der Waals surface area contributed by atoms with E-state index < -0.39 is 0 Å². The highest BCUT2D eigenvalue weighted by atomic mass is 19.1. The molecule has 0 aromatic heterocycles. The van der Waals surface area contributed by atoms with E-state index >= 15 is 0 Å². The zero-order valence-corrected chi connectivity index (χ0v) is 13.6. The van der Waals surface area contributed by atoms with E-state index in [-0.39, 0.29) is 5.82 Å². The Morgan fingerprint density at radius 1 is 0.583 bits per heavy atom. The van der Waals surface area contributed by atoms with Gasteiger partial charge in [0.25, 0.3) is 0 Å². The van der Waals surface area contributed by atoms with E-state index in [2.05, 4.69) is 0 Å². The average molecular weight is 326 g/mol. The van der Waals surface area contributed by atoms with Crippen molar-refractivity contribution in [2.45, 2.75) is 0 Å². The van der Waals surface area contributed by atoms with Crippen LogP contribution in [0.4, 0.5) is 4.39 Å². The van der Waals surface area contributed by atoms with Gasteiger partial charge in [-0.15, -0.1) is 0 Å². The summed E-state index contributed by atoms with van der Waals surface area (Å²) in [6.45, 7) is 0. The van der Waals surface area contributed by atoms with Crippen LogP contribution in [0.3, 0.4) is 0 Å². The first-order valence-electron chi connectivity index (χ1n) is 7.38. The van der Waals surface area contributed by atoms with Gasteiger partial charge >= 0.3 is 0 Å². The second-order valence-electron chi connectivity index (χ2n) is 4.76. The molecule has 0 fully saturated rings. The van der Waals surface area contributed by atoms with E-state index in [1.807, 2.05) is 60.7 Å². The summed E-state index contributed by atoms with van der Waals surface area (Å²) in [6.07, 6.45) is 0. The van der Waals surface area contributed by atoms with E-state index in [4.69, 9.17) is 14.2 Å². The van der Waals surface area contributed by atoms with Crippen LogP contribution in [0.25, 0.3) is 0 Å². The number of para-hydroxylation sites is 2. The minimum atomic E-state index is -0.360. The van der Waals surface area contributed by atoms with Crippen LogP contribution in [0.1, 0.15) is 0 Å². The first-order chi connectivity index (χ1) is 11.7. The van der Waals surface area contributed by atoms with Gasteiger partial charge in [0.05, 0.1) is 14.2 Å². The molecule has 0 saturated heterocycles. The number of hydrogen-bond donors (Lipinski definition) is 0. The molecule has 0 spiro atoms.